The van der Waals surface area contributed by atoms with Crippen LogP contribution in [0, 0.1) is 6.92 Å². The summed E-state index contributed by atoms with van der Waals surface area (Å²) in [4.78, 5) is 11.3. The first-order valence-electron chi connectivity index (χ1n) is 4.80. The van der Waals surface area contributed by atoms with Gasteiger partial charge in [0, 0.05) is 11.7 Å². The number of hydrogen-bond donors (Lipinski definition) is 2. The second kappa shape index (κ2) is 3.42. The molecule has 0 bridgehead atoms. The summed E-state index contributed by atoms with van der Waals surface area (Å²) in [5, 5.41) is 6.04. The first kappa shape index (κ1) is 9.21. The Balaban J connectivity index is 2.46. The van der Waals surface area contributed by atoms with E-state index in [2.05, 4.69) is 30.5 Å². The normalized spacial score (nSPS) is 21.0. The van der Waals surface area contributed by atoms with E-state index in [1.54, 1.807) is 0 Å². The molecule has 1 unspecified atom stereocenters. The minimum Gasteiger partial charge on any atom is -0.325 e. The number of carbonyl (C=O) groups is 1. The molecule has 74 valence electrons. The number of rotatable bonds is 0. The number of carbonyl (C=O) groups excluding carboxylic acids is 1. The molecule has 2 N–H and O–H groups in total. The summed E-state index contributed by atoms with van der Waals surface area (Å²) < 4.78 is 0. The largest absolute Gasteiger partial charge is 0.325 e. The second-order valence-corrected chi connectivity index (χ2v) is 3.74. The van der Waals surface area contributed by atoms with Crippen LogP contribution in [-0.2, 0) is 4.79 Å². The summed E-state index contributed by atoms with van der Waals surface area (Å²) in [6.07, 6.45) is 0. The van der Waals surface area contributed by atoms with Gasteiger partial charge in [0.1, 0.15) is 0 Å². The van der Waals surface area contributed by atoms with Crippen LogP contribution >= 0.6 is 0 Å². The lowest BCUT2D eigenvalue weighted by atomic mass is 10.0. The fourth-order valence-electron chi connectivity index (χ4n) is 1.70. The van der Waals surface area contributed by atoms with E-state index in [0.717, 1.165) is 11.3 Å². The van der Waals surface area contributed by atoms with Gasteiger partial charge in [-0.15, -0.1) is 0 Å². The van der Waals surface area contributed by atoms with E-state index >= 15 is 0 Å². The molecule has 0 fully saturated rings. The van der Waals surface area contributed by atoms with E-state index in [-0.39, 0.29) is 11.9 Å². The smallest absolute Gasteiger partial charge is 0.238 e. The van der Waals surface area contributed by atoms with Gasteiger partial charge in [-0.1, -0.05) is 17.7 Å². The van der Waals surface area contributed by atoms with Crippen LogP contribution in [0.4, 0.5) is 5.69 Å². The minimum atomic E-state index is 0.0273. The highest BCUT2D eigenvalue weighted by Crippen LogP contribution is 2.25. The summed E-state index contributed by atoms with van der Waals surface area (Å²) in [7, 11) is 0. The van der Waals surface area contributed by atoms with Gasteiger partial charge in [0.25, 0.3) is 0 Å². The number of fused-ring (bicyclic) bond motifs is 1. The molecule has 1 amide bonds. The number of aryl methyl sites for hydroxylation is 1. The predicted molar refractivity (Wildman–Crippen MR) is 56.2 cm³/mol. The lowest BCUT2D eigenvalue weighted by molar-refractivity contribution is -0.115. The Kier molecular flexibility index (Phi) is 2.25. The molecule has 0 saturated heterocycles. The molecule has 0 saturated carbocycles. The molecule has 0 aliphatic carbocycles. The van der Waals surface area contributed by atoms with Crippen LogP contribution < -0.4 is 10.6 Å². The Bertz CT molecular complexity index is 374. The van der Waals surface area contributed by atoms with Crippen LogP contribution in [0.1, 0.15) is 24.1 Å². The lowest BCUT2D eigenvalue weighted by Gasteiger charge is -2.13. The maximum absolute atomic E-state index is 11.3. The van der Waals surface area contributed by atoms with Gasteiger partial charge in [-0.2, -0.15) is 0 Å². The van der Waals surface area contributed by atoms with Crippen LogP contribution in [0.2, 0.25) is 0 Å². The van der Waals surface area contributed by atoms with Crippen molar-refractivity contribution >= 4 is 11.6 Å². The predicted octanol–water partition coefficient (Wildman–Crippen LogP) is 1.60. The molecule has 1 aliphatic rings. The van der Waals surface area contributed by atoms with Crippen molar-refractivity contribution in [2.75, 3.05) is 11.9 Å². The zero-order valence-corrected chi connectivity index (χ0v) is 8.42. The molecule has 3 nitrogen and oxygen atoms in total. The number of benzene rings is 1. The molecule has 1 aromatic carbocycles. The molecule has 14 heavy (non-hydrogen) atoms. The summed E-state index contributed by atoms with van der Waals surface area (Å²) in [6.45, 7) is 4.51. The molecular formula is C11H14N2O. The molecule has 0 radical (unpaired) electrons. The maximum atomic E-state index is 11.3. The zero-order chi connectivity index (χ0) is 10.1. The zero-order valence-electron chi connectivity index (χ0n) is 8.42. The Morgan fingerprint density at radius 3 is 3.00 bits per heavy atom. The topological polar surface area (TPSA) is 41.1 Å². The molecule has 1 atom stereocenters. The van der Waals surface area contributed by atoms with Gasteiger partial charge >= 0.3 is 0 Å². The van der Waals surface area contributed by atoms with Crippen LogP contribution in [-0.4, -0.2) is 12.5 Å². The lowest BCUT2D eigenvalue weighted by Crippen LogP contribution is -2.25. The first-order chi connectivity index (χ1) is 6.66. The van der Waals surface area contributed by atoms with E-state index in [1.165, 1.54) is 5.56 Å². The van der Waals surface area contributed by atoms with Crippen molar-refractivity contribution in [2.45, 2.75) is 19.9 Å². The average molecular weight is 190 g/mol. The molecular weight excluding hydrogens is 176 g/mol. The maximum Gasteiger partial charge on any atom is 0.238 e. The fourth-order valence-corrected chi connectivity index (χ4v) is 1.70. The summed E-state index contributed by atoms with van der Waals surface area (Å²) in [5.74, 6) is 0.0273. The third-order valence-corrected chi connectivity index (χ3v) is 2.52. The van der Waals surface area contributed by atoms with Gasteiger partial charge in [-0.25, -0.2) is 0 Å². The Labute approximate surface area is 83.5 Å². The molecule has 0 aromatic heterocycles. The van der Waals surface area contributed by atoms with Gasteiger partial charge < -0.3 is 10.6 Å². The van der Waals surface area contributed by atoms with Crippen LogP contribution in [0.15, 0.2) is 18.2 Å². The van der Waals surface area contributed by atoms with Crippen LogP contribution in [0.3, 0.4) is 0 Å². The quantitative estimate of drug-likeness (QED) is 0.652. The standard InChI is InChI=1S/C11H14N2O/c1-7-3-4-10-9(5-7)8(2)12-6-11(14)13-10/h3-5,8,12H,6H2,1-2H3,(H,13,14). The first-order valence-corrected chi connectivity index (χ1v) is 4.80. The van der Waals surface area contributed by atoms with E-state index in [4.69, 9.17) is 0 Å². The van der Waals surface area contributed by atoms with Gasteiger partial charge in [0.05, 0.1) is 6.54 Å². The second-order valence-electron chi connectivity index (χ2n) is 3.74. The van der Waals surface area contributed by atoms with Gasteiger partial charge in [-0.05, 0) is 25.5 Å². The van der Waals surface area contributed by atoms with E-state index in [1.807, 2.05) is 12.1 Å². The third-order valence-electron chi connectivity index (χ3n) is 2.52. The average Bonchev–Trinajstić information content (AvgIpc) is 2.29. The number of hydrogen-bond acceptors (Lipinski definition) is 2. The molecule has 2 rings (SSSR count). The molecule has 0 spiro atoms. The van der Waals surface area contributed by atoms with Crippen molar-refractivity contribution in [1.82, 2.24) is 5.32 Å². The van der Waals surface area contributed by atoms with E-state index in [9.17, 15) is 4.79 Å². The van der Waals surface area contributed by atoms with Crippen molar-refractivity contribution in [1.29, 1.82) is 0 Å². The molecule has 1 aromatic rings. The van der Waals surface area contributed by atoms with E-state index < -0.39 is 0 Å². The summed E-state index contributed by atoms with van der Waals surface area (Å²) in [6, 6.07) is 6.31. The SMILES string of the molecule is Cc1ccc2c(c1)C(C)NCC(=O)N2. The monoisotopic (exact) mass is 190 g/mol. The van der Waals surface area contributed by atoms with Gasteiger partial charge in [-0.3, -0.25) is 4.79 Å². The van der Waals surface area contributed by atoms with Crippen molar-refractivity contribution in [3.8, 4) is 0 Å². The Morgan fingerprint density at radius 2 is 2.21 bits per heavy atom. The Morgan fingerprint density at radius 1 is 1.43 bits per heavy atom. The van der Waals surface area contributed by atoms with Crippen molar-refractivity contribution in [3.63, 3.8) is 0 Å². The van der Waals surface area contributed by atoms with Crippen LogP contribution in [0.5, 0.6) is 0 Å². The highest BCUT2D eigenvalue weighted by atomic mass is 16.1. The fraction of sp³-hybridized carbons (Fsp3) is 0.364. The van der Waals surface area contributed by atoms with Crippen molar-refractivity contribution in [2.24, 2.45) is 0 Å². The number of amides is 1. The van der Waals surface area contributed by atoms with E-state index in [0.29, 0.717) is 6.54 Å². The number of anilines is 1. The number of nitrogens with one attached hydrogen (secondary N) is 2. The summed E-state index contributed by atoms with van der Waals surface area (Å²) in [5.41, 5.74) is 3.31. The van der Waals surface area contributed by atoms with Gasteiger partial charge in [0.2, 0.25) is 5.91 Å². The minimum absolute atomic E-state index is 0.0273. The molecule has 3 heteroatoms. The van der Waals surface area contributed by atoms with Crippen LogP contribution in [0.25, 0.3) is 0 Å². The molecule has 1 aliphatic heterocycles. The van der Waals surface area contributed by atoms with Crippen molar-refractivity contribution < 1.29 is 4.79 Å². The summed E-state index contributed by atoms with van der Waals surface area (Å²) >= 11 is 0. The molecule has 1 heterocycles. The Hall–Kier alpha value is -1.35. The van der Waals surface area contributed by atoms with Gasteiger partial charge in [0.15, 0.2) is 0 Å². The highest BCUT2D eigenvalue weighted by molar-refractivity contribution is 5.93. The van der Waals surface area contributed by atoms with Crippen molar-refractivity contribution in [3.05, 3.63) is 29.3 Å². The third kappa shape index (κ3) is 1.63. The highest BCUT2D eigenvalue weighted by Gasteiger charge is 2.17.